The summed E-state index contributed by atoms with van der Waals surface area (Å²) in [6.07, 6.45) is 20.9. The maximum Gasteiger partial charge on any atom is 0.307 e. The number of ether oxygens (including phenoxy) is 2. The summed E-state index contributed by atoms with van der Waals surface area (Å²) in [4.78, 5) is 23.2. The Morgan fingerprint density at radius 3 is 1.93 bits per heavy atom. The van der Waals surface area contributed by atoms with Gasteiger partial charge in [-0.3, -0.25) is 9.59 Å². The fourth-order valence-electron chi connectivity index (χ4n) is 2.94. The zero-order chi connectivity index (χ0) is 22.1. The van der Waals surface area contributed by atoms with Crippen LogP contribution in [0.1, 0.15) is 117 Å². The fourth-order valence-corrected chi connectivity index (χ4v) is 2.94. The van der Waals surface area contributed by atoms with E-state index in [1.165, 1.54) is 64.2 Å². The van der Waals surface area contributed by atoms with Gasteiger partial charge in [0.25, 0.3) is 0 Å². The predicted octanol–water partition coefficient (Wildman–Crippen LogP) is 6.91. The Bertz CT molecular complexity index is 499. The van der Waals surface area contributed by atoms with Crippen LogP contribution in [0.25, 0.3) is 0 Å². The molecule has 0 heterocycles. The lowest BCUT2D eigenvalue weighted by Crippen LogP contribution is -2.10. The summed E-state index contributed by atoms with van der Waals surface area (Å²) in [6, 6.07) is 0. The minimum Gasteiger partial charge on any atom is -0.465 e. The number of hydrogen-bond acceptors (Lipinski definition) is 4. The van der Waals surface area contributed by atoms with E-state index in [9.17, 15) is 9.59 Å². The van der Waals surface area contributed by atoms with Crippen molar-refractivity contribution in [2.24, 2.45) is 0 Å². The molecule has 0 radical (unpaired) electrons. The normalized spacial score (nSPS) is 10.6. The quantitative estimate of drug-likeness (QED) is 0.0985. The zero-order valence-electron chi connectivity index (χ0n) is 19.5. The minimum atomic E-state index is -0.399. The van der Waals surface area contributed by atoms with Crippen LogP contribution in [0, 0.1) is 11.8 Å². The molecule has 0 atom stereocenters. The van der Waals surface area contributed by atoms with Crippen LogP contribution in [0.2, 0.25) is 0 Å². The Morgan fingerprint density at radius 2 is 1.23 bits per heavy atom. The van der Waals surface area contributed by atoms with Crippen LogP contribution in [0.3, 0.4) is 0 Å². The Labute approximate surface area is 185 Å². The highest BCUT2D eigenvalue weighted by Gasteiger charge is 2.08. The molecule has 0 saturated heterocycles. The second kappa shape index (κ2) is 23.5. The van der Waals surface area contributed by atoms with Gasteiger partial charge in [-0.25, -0.2) is 0 Å². The van der Waals surface area contributed by atoms with Crippen molar-refractivity contribution in [1.82, 2.24) is 0 Å². The molecule has 0 saturated carbocycles. The predicted molar refractivity (Wildman–Crippen MR) is 124 cm³/mol. The molecule has 172 valence electrons. The summed E-state index contributed by atoms with van der Waals surface area (Å²) < 4.78 is 10.1. The van der Waals surface area contributed by atoms with Gasteiger partial charge in [0.05, 0.1) is 19.4 Å². The number of unbranched alkanes of at least 4 members (excludes halogenated alkanes) is 11. The van der Waals surface area contributed by atoms with Gasteiger partial charge in [0.2, 0.25) is 0 Å². The number of hydrogen-bond donors (Lipinski definition) is 0. The first kappa shape index (κ1) is 28.2. The molecule has 0 aliphatic heterocycles. The van der Waals surface area contributed by atoms with Gasteiger partial charge in [-0.2, -0.15) is 0 Å². The lowest BCUT2D eigenvalue weighted by Gasteiger charge is -2.03. The molecule has 0 aromatic rings. The molecule has 4 nitrogen and oxygen atoms in total. The van der Waals surface area contributed by atoms with Crippen molar-refractivity contribution in [2.45, 2.75) is 117 Å². The second-order valence-corrected chi connectivity index (χ2v) is 7.72. The van der Waals surface area contributed by atoms with E-state index in [2.05, 4.69) is 31.8 Å². The molecule has 0 aromatic heterocycles. The van der Waals surface area contributed by atoms with Gasteiger partial charge in [-0.15, -0.1) is 0 Å². The third-order valence-electron chi connectivity index (χ3n) is 4.81. The van der Waals surface area contributed by atoms with E-state index in [1.54, 1.807) is 0 Å². The van der Waals surface area contributed by atoms with E-state index < -0.39 is 5.97 Å². The Balaban J connectivity index is 3.48. The number of carbonyl (C=O) groups is 2. The molecular formula is C26H44O4. The van der Waals surface area contributed by atoms with E-state index >= 15 is 0 Å². The van der Waals surface area contributed by atoms with E-state index in [-0.39, 0.29) is 25.4 Å². The van der Waals surface area contributed by atoms with Crippen LogP contribution in [0.5, 0.6) is 0 Å². The summed E-state index contributed by atoms with van der Waals surface area (Å²) in [7, 11) is 0. The van der Waals surface area contributed by atoms with E-state index in [1.807, 2.05) is 6.08 Å². The van der Waals surface area contributed by atoms with Crippen LogP contribution >= 0.6 is 0 Å². The van der Waals surface area contributed by atoms with Crippen LogP contribution in [-0.2, 0) is 19.1 Å². The highest BCUT2D eigenvalue weighted by atomic mass is 16.5. The topological polar surface area (TPSA) is 52.6 Å². The van der Waals surface area contributed by atoms with Crippen LogP contribution in [0.15, 0.2) is 12.2 Å². The first-order valence-electron chi connectivity index (χ1n) is 12.1. The van der Waals surface area contributed by atoms with Gasteiger partial charge in [0.15, 0.2) is 6.61 Å². The number of esters is 2. The van der Waals surface area contributed by atoms with E-state index in [0.717, 1.165) is 25.7 Å². The summed E-state index contributed by atoms with van der Waals surface area (Å²) in [5.74, 6) is 5.17. The van der Waals surface area contributed by atoms with Crippen molar-refractivity contribution in [1.29, 1.82) is 0 Å². The molecule has 0 spiro atoms. The Kier molecular flexibility index (Phi) is 22.1. The largest absolute Gasteiger partial charge is 0.465 e. The first-order valence-corrected chi connectivity index (χ1v) is 12.1. The molecular weight excluding hydrogens is 376 g/mol. The molecule has 4 heteroatoms. The average molecular weight is 421 g/mol. The standard InChI is InChI=1S/C26H44O4/c1-3-5-7-9-11-12-13-14-16-18-20-24-30-26(28)22-21-25(27)29-23-19-17-15-10-8-6-4-2/h15,17H,3-14,16,19,21-24H2,1-2H3/b17-15+. The molecule has 0 bridgehead atoms. The fraction of sp³-hybridized carbons (Fsp3) is 0.769. The van der Waals surface area contributed by atoms with Crippen LogP contribution in [-0.4, -0.2) is 25.2 Å². The summed E-state index contributed by atoms with van der Waals surface area (Å²) in [5, 5.41) is 0. The highest BCUT2D eigenvalue weighted by molar-refractivity contribution is 5.77. The molecule has 0 aliphatic carbocycles. The number of rotatable bonds is 19. The van der Waals surface area contributed by atoms with E-state index in [0.29, 0.717) is 6.61 Å². The molecule has 30 heavy (non-hydrogen) atoms. The van der Waals surface area contributed by atoms with Crippen LogP contribution in [0.4, 0.5) is 0 Å². The molecule has 0 fully saturated rings. The maximum atomic E-state index is 11.6. The molecule has 0 amide bonds. The van der Waals surface area contributed by atoms with Gasteiger partial charge in [-0.1, -0.05) is 95.6 Å². The number of carbonyl (C=O) groups excluding carboxylic acids is 2. The van der Waals surface area contributed by atoms with Crippen LogP contribution < -0.4 is 0 Å². The van der Waals surface area contributed by atoms with Gasteiger partial charge in [0.1, 0.15) is 0 Å². The number of allylic oxidation sites excluding steroid dienone is 1. The van der Waals surface area contributed by atoms with Gasteiger partial charge in [-0.05, 0) is 25.7 Å². The minimum absolute atomic E-state index is 0.0470. The Hall–Kier alpha value is -1.76. The van der Waals surface area contributed by atoms with Crippen molar-refractivity contribution in [3.8, 4) is 11.8 Å². The molecule has 0 rings (SSSR count). The molecule has 0 aliphatic rings. The third kappa shape index (κ3) is 22.5. The van der Waals surface area contributed by atoms with E-state index in [4.69, 9.17) is 9.47 Å². The lowest BCUT2D eigenvalue weighted by molar-refractivity contribution is -0.149. The lowest BCUT2D eigenvalue weighted by atomic mass is 10.1. The second-order valence-electron chi connectivity index (χ2n) is 7.72. The SMILES string of the molecule is CCCCC/C=C/CCOC(=O)CCC(=O)OCC#CCCCCCCCCCC. The van der Waals surface area contributed by atoms with Crippen molar-refractivity contribution < 1.29 is 19.1 Å². The third-order valence-corrected chi connectivity index (χ3v) is 4.81. The summed E-state index contributed by atoms with van der Waals surface area (Å²) >= 11 is 0. The van der Waals surface area contributed by atoms with Crippen molar-refractivity contribution >= 4 is 11.9 Å². The molecule has 0 aromatic carbocycles. The summed E-state index contributed by atoms with van der Waals surface area (Å²) in [5.41, 5.74) is 0. The molecule has 0 unspecified atom stereocenters. The average Bonchev–Trinajstić information content (AvgIpc) is 2.75. The zero-order valence-corrected chi connectivity index (χ0v) is 19.5. The maximum absolute atomic E-state index is 11.6. The molecule has 0 N–H and O–H groups in total. The first-order chi connectivity index (χ1) is 14.7. The Morgan fingerprint density at radius 1 is 0.667 bits per heavy atom. The smallest absolute Gasteiger partial charge is 0.307 e. The van der Waals surface area contributed by atoms with Gasteiger partial charge >= 0.3 is 11.9 Å². The summed E-state index contributed by atoms with van der Waals surface area (Å²) in [6.45, 7) is 4.89. The van der Waals surface area contributed by atoms with Gasteiger partial charge < -0.3 is 9.47 Å². The monoisotopic (exact) mass is 420 g/mol. The van der Waals surface area contributed by atoms with Crippen molar-refractivity contribution in [2.75, 3.05) is 13.2 Å². The van der Waals surface area contributed by atoms with Crippen molar-refractivity contribution in [3.63, 3.8) is 0 Å². The van der Waals surface area contributed by atoms with Gasteiger partial charge in [0, 0.05) is 6.42 Å². The van der Waals surface area contributed by atoms with Crippen molar-refractivity contribution in [3.05, 3.63) is 12.2 Å². The highest BCUT2D eigenvalue weighted by Crippen LogP contribution is 2.09.